The van der Waals surface area contributed by atoms with Crippen LogP contribution in [0.2, 0.25) is 5.02 Å². The van der Waals surface area contributed by atoms with Crippen molar-refractivity contribution in [3.63, 3.8) is 0 Å². The second kappa shape index (κ2) is 9.30. The van der Waals surface area contributed by atoms with Crippen LogP contribution in [0.5, 0.6) is 5.75 Å². The topological polar surface area (TPSA) is 70.6 Å². The molecule has 0 aromatic heterocycles. The number of rotatable bonds is 7. The van der Waals surface area contributed by atoms with Crippen molar-refractivity contribution in [2.75, 3.05) is 11.9 Å². The number of anilines is 1. The highest BCUT2D eigenvalue weighted by Crippen LogP contribution is 2.28. The van der Waals surface area contributed by atoms with Gasteiger partial charge in [0.2, 0.25) is 0 Å². The smallest absolute Gasteiger partial charge is 0.319 e. The van der Waals surface area contributed by atoms with Gasteiger partial charge >= 0.3 is 6.03 Å². The van der Waals surface area contributed by atoms with Crippen molar-refractivity contribution in [3.8, 4) is 5.75 Å². The molecule has 0 radical (unpaired) electrons. The number of aliphatic hydroxyl groups is 1. The predicted octanol–water partition coefficient (Wildman–Crippen LogP) is 3.85. The number of halogens is 1. The third-order valence-corrected chi connectivity index (χ3v) is 3.73. The Balaban J connectivity index is 1.93. The first-order valence-electron chi connectivity index (χ1n) is 8.16. The van der Waals surface area contributed by atoms with Crippen LogP contribution in [-0.4, -0.2) is 29.9 Å². The van der Waals surface area contributed by atoms with Crippen molar-refractivity contribution in [3.05, 3.63) is 59.1 Å². The molecule has 2 aromatic carbocycles. The van der Waals surface area contributed by atoms with E-state index >= 15 is 0 Å². The number of benzene rings is 2. The molecular weight excluding hydrogens is 340 g/mol. The molecule has 0 spiro atoms. The maximum atomic E-state index is 12.1. The van der Waals surface area contributed by atoms with Gasteiger partial charge in [-0.15, -0.1) is 0 Å². The number of hydrogen-bond acceptors (Lipinski definition) is 3. The van der Waals surface area contributed by atoms with E-state index in [1.807, 2.05) is 44.2 Å². The molecule has 1 unspecified atom stereocenters. The van der Waals surface area contributed by atoms with Crippen LogP contribution in [0, 0.1) is 0 Å². The molecule has 3 N–H and O–H groups in total. The quantitative estimate of drug-likeness (QED) is 0.700. The minimum atomic E-state index is -0.399. The molecule has 1 atom stereocenters. The fourth-order valence-corrected chi connectivity index (χ4v) is 2.57. The summed E-state index contributed by atoms with van der Waals surface area (Å²) >= 11 is 6.16. The van der Waals surface area contributed by atoms with Crippen LogP contribution < -0.4 is 15.4 Å². The zero-order chi connectivity index (χ0) is 18.2. The normalized spacial score (nSPS) is 11.9. The molecule has 25 heavy (non-hydrogen) atoms. The number of hydrogen-bond donors (Lipinski definition) is 3. The van der Waals surface area contributed by atoms with Gasteiger partial charge in [0.05, 0.1) is 23.8 Å². The lowest BCUT2D eigenvalue weighted by Crippen LogP contribution is -2.41. The lowest BCUT2D eigenvalue weighted by Gasteiger charge is -2.17. The van der Waals surface area contributed by atoms with E-state index in [9.17, 15) is 9.90 Å². The average molecular weight is 363 g/mol. The first-order chi connectivity index (χ1) is 12.0. The van der Waals surface area contributed by atoms with Gasteiger partial charge in [0.25, 0.3) is 0 Å². The molecule has 0 saturated heterocycles. The molecule has 0 heterocycles. The lowest BCUT2D eigenvalue weighted by molar-refractivity contribution is 0.224. The Hall–Kier alpha value is -2.24. The van der Waals surface area contributed by atoms with Crippen LogP contribution in [0.4, 0.5) is 10.5 Å². The Kier molecular flexibility index (Phi) is 7.10. The van der Waals surface area contributed by atoms with Crippen LogP contribution in [0.1, 0.15) is 19.4 Å². The molecule has 0 saturated carbocycles. The Labute approximate surface area is 153 Å². The van der Waals surface area contributed by atoms with Crippen LogP contribution in [0.25, 0.3) is 0 Å². The van der Waals surface area contributed by atoms with E-state index in [-0.39, 0.29) is 18.8 Å². The second-order valence-corrected chi connectivity index (χ2v) is 6.39. The molecule has 0 aliphatic carbocycles. The molecule has 134 valence electrons. The van der Waals surface area contributed by atoms with Crippen LogP contribution in [0.15, 0.2) is 48.5 Å². The fourth-order valence-electron chi connectivity index (χ4n) is 2.34. The van der Waals surface area contributed by atoms with Crippen LogP contribution >= 0.6 is 11.6 Å². The molecular formula is C19H23ClN2O3. The van der Waals surface area contributed by atoms with Gasteiger partial charge in [0.15, 0.2) is 0 Å². The molecule has 0 aliphatic rings. The van der Waals surface area contributed by atoms with E-state index in [1.165, 1.54) is 0 Å². The highest BCUT2D eigenvalue weighted by molar-refractivity contribution is 6.32. The largest absolute Gasteiger partial charge is 0.489 e. The van der Waals surface area contributed by atoms with Gasteiger partial charge in [0, 0.05) is 5.69 Å². The van der Waals surface area contributed by atoms with Crippen molar-refractivity contribution in [2.24, 2.45) is 0 Å². The fraction of sp³-hybridized carbons (Fsp3) is 0.316. The highest BCUT2D eigenvalue weighted by atomic mass is 35.5. The molecule has 5 nitrogen and oxygen atoms in total. The summed E-state index contributed by atoms with van der Waals surface area (Å²) < 4.78 is 5.56. The number of urea groups is 1. The summed E-state index contributed by atoms with van der Waals surface area (Å²) in [4.78, 5) is 12.1. The van der Waals surface area contributed by atoms with Gasteiger partial charge in [-0.25, -0.2) is 4.79 Å². The van der Waals surface area contributed by atoms with E-state index < -0.39 is 6.03 Å². The molecule has 0 fully saturated rings. The van der Waals surface area contributed by atoms with Gasteiger partial charge in [-0.05, 0) is 44.0 Å². The Morgan fingerprint density at radius 3 is 2.52 bits per heavy atom. The van der Waals surface area contributed by atoms with Crippen molar-refractivity contribution in [2.45, 2.75) is 32.4 Å². The first-order valence-corrected chi connectivity index (χ1v) is 8.54. The third kappa shape index (κ3) is 6.29. The number of ether oxygens (including phenoxy) is 1. The molecule has 2 amide bonds. The summed E-state index contributed by atoms with van der Waals surface area (Å²) in [5, 5.41) is 15.4. The summed E-state index contributed by atoms with van der Waals surface area (Å²) in [6.07, 6.45) is 0.565. The Morgan fingerprint density at radius 2 is 1.92 bits per heavy atom. The molecule has 0 bridgehead atoms. The Bertz CT molecular complexity index is 692. The van der Waals surface area contributed by atoms with E-state index in [0.29, 0.717) is 22.9 Å². The van der Waals surface area contributed by atoms with Crippen LogP contribution in [0.3, 0.4) is 0 Å². The third-order valence-electron chi connectivity index (χ3n) is 3.43. The van der Waals surface area contributed by atoms with Crippen molar-refractivity contribution >= 4 is 23.3 Å². The number of carbonyl (C=O) groups is 1. The van der Waals surface area contributed by atoms with Gasteiger partial charge in [0.1, 0.15) is 5.75 Å². The SMILES string of the molecule is CC(C)Oc1ccc(NC(=O)NC(CO)Cc2ccccc2)cc1Cl. The standard InChI is InChI=1S/C19H23ClN2O3/c1-13(2)25-18-9-8-15(11-17(18)20)21-19(24)22-16(12-23)10-14-6-4-3-5-7-14/h3-9,11,13,16,23H,10,12H2,1-2H3,(H2,21,22,24). The van der Waals surface area contributed by atoms with Crippen LogP contribution in [-0.2, 0) is 6.42 Å². The summed E-state index contributed by atoms with van der Waals surface area (Å²) in [6.45, 7) is 3.68. The monoisotopic (exact) mass is 362 g/mol. The molecule has 6 heteroatoms. The second-order valence-electron chi connectivity index (χ2n) is 5.98. The zero-order valence-electron chi connectivity index (χ0n) is 14.3. The van der Waals surface area contributed by atoms with Crippen molar-refractivity contribution in [1.29, 1.82) is 0 Å². The van der Waals surface area contributed by atoms with Gasteiger partial charge in [-0.3, -0.25) is 0 Å². The lowest BCUT2D eigenvalue weighted by atomic mass is 10.1. The number of aliphatic hydroxyl groups excluding tert-OH is 1. The average Bonchev–Trinajstić information content (AvgIpc) is 2.57. The highest BCUT2D eigenvalue weighted by Gasteiger charge is 2.13. The van der Waals surface area contributed by atoms with E-state index in [0.717, 1.165) is 5.56 Å². The first kappa shape index (κ1) is 19.1. The van der Waals surface area contributed by atoms with Gasteiger partial charge in [-0.2, -0.15) is 0 Å². The Morgan fingerprint density at radius 1 is 1.20 bits per heavy atom. The zero-order valence-corrected chi connectivity index (χ0v) is 15.1. The maximum absolute atomic E-state index is 12.1. The number of carbonyl (C=O) groups excluding carboxylic acids is 1. The molecule has 2 rings (SSSR count). The molecule has 0 aliphatic heterocycles. The summed E-state index contributed by atoms with van der Waals surface area (Å²) in [7, 11) is 0. The summed E-state index contributed by atoms with van der Waals surface area (Å²) in [5.41, 5.74) is 1.59. The van der Waals surface area contributed by atoms with Crippen molar-refractivity contribution in [1.82, 2.24) is 5.32 Å². The summed E-state index contributed by atoms with van der Waals surface area (Å²) in [5.74, 6) is 0.569. The van der Waals surface area contributed by atoms with E-state index in [2.05, 4.69) is 10.6 Å². The minimum Gasteiger partial charge on any atom is -0.489 e. The van der Waals surface area contributed by atoms with E-state index in [4.69, 9.17) is 16.3 Å². The van der Waals surface area contributed by atoms with Gasteiger partial charge < -0.3 is 20.5 Å². The van der Waals surface area contributed by atoms with Crippen molar-refractivity contribution < 1.29 is 14.6 Å². The maximum Gasteiger partial charge on any atom is 0.319 e. The molecule has 2 aromatic rings. The summed E-state index contributed by atoms with van der Waals surface area (Å²) in [6, 6.07) is 14.0. The number of amides is 2. The van der Waals surface area contributed by atoms with Gasteiger partial charge in [-0.1, -0.05) is 41.9 Å². The van der Waals surface area contributed by atoms with E-state index in [1.54, 1.807) is 18.2 Å². The minimum absolute atomic E-state index is 0.0166. The number of nitrogens with one attached hydrogen (secondary N) is 2. The predicted molar refractivity (Wildman–Crippen MR) is 100 cm³/mol.